The van der Waals surface area contributed by atoms with Crippen molar-refractivity contribution in [2.24, 2.45) is 10.2 Å². The van der Waals surface area contributed by atoms with Gasteiger partial charge in [0, 0.05) is 12.3 Å². The number of hydrogen-bond acceptors (Lipinski definition) is 5. The molecule has 1 aromatic carbocycles. The van der Waals surface area contributed by atoms with Crippen LogP contribution in [0.4, 0.5) is 15.9 Å². The van der Waals surface area contributed by atoms with Gasteiger partial charge in [-0.25, -0.2) is 14.2 Å². The smallest absolute Gasteiger partial charge is 0.360 e. The molecule has 0 bridgehead atoms. The van der Waals surface area contributed by atoms with Crippen molar-refractivity contribution < 1.29 is 13.9 Å². The summed E-state index contributed by atoms with van der Waals surface area (Å²) < 4.78 is 19.8. The van der Waals surface area contributed by atoms with Crippen LogP contribution in [-0.4, -0.2) is 22.0 Å². The molecule has 0 aliphatic carbocycles. The van der Waals surface area contributed by atoms with Gasteiger partial charge in [-0.15, -0.1) is 10.2 Å². The van der Waals surface area contributed by atoms with Crippen LogP contribution in [0.3, 0.4) is 0 Å². The zero-order valence-corrected chi connectivity index (χ0v) is 12.3. The Labute approximate surface area is 131 Å². The first-order valence-electron chi connectivity index (χ1n) is 7.00. The number of pyridine rings is 1. The third-order valence-electron chi connectivity index (χ3n) is 3.04. The predicted molar refractivity (Wildman–Crippen MR) is 81.7 cm³/mol. The van der Waals surface area contributed by atoms with E-state index in [-0.39, 0.29) is 18.1 Å². The minimum absolute atomic E-state index is 0.0678. The molecule has 6 nitrogen and oxygen atoms in total. The first kappa shape index (κ1) is 14.8. The van der Waals surface area contributed by atoms with Gasteiger partial charge in [-0.3, -0.25) is 4.40 Å². The lowest BCUT2D eigenvalue weighted by atomic mass is 10.3. The third kappa shape index (κ3) is 3.08. The monoisotopic (exact) mass is 312 g/mol. The standard InChI is InChI=1S/C16H13FN4O2/c1-2-23-16(22)14-15(21-9-4-3-8-13(21)18-14)20-19-12-7-5-6-11(17)10-12/h3-10H,2H2,1H3. The number of esters is 1. The van der Waals surface area contributed by atoms with Crippen LogP contribution in [0.5, 0.6) is 0 Å². The first-order valence-corrected chi connectivity index (χ1v) is 7.00. The summed E-state index contributed by atoms with van der Waals surface area (Å²) in [4.78, 5) is 16.3. The van der Waals surface area contributed by atoms with Gasteiger partial charge in [-0.2, -0.15) is 0 Å². The number of hydrogen-bond donors (Lipinski definition) is 0. The van der Waals surface area contributed by atoms with E-state index in [1.54, 1.807) is 41.8 Å². The van der Waals surface area contributed by atoms with Crippen LogP contribution < -0.4 is 0 Å². The molecule has 0 unspecified atom stereocenters. The number of carbonyl (C=O) groups is 1. The minimum atomic E-state index is -0.579. The van der Waals surface area contributed by atoms with Gasteiger partial charge in [0.15, 0.2) is 11.5 Å². The van der Waals surface area contributed by atoms with E-state index in [0.717, 1.165) is 0 Å². The first-order chi connectivity index (χ1) is 11.2. The molecule has 0 atom stereocenters. The molecule has 0 aliphatic heterocycles. The molecule has 2 aromatic heterocycles. The highest BCUT2D eigenvalue weighted by atomic mass is 19.1. The summed E-state index contributed by atoms with van der Waals surface area (Å²) in [5.41, 5.74) is 0.952. The molecule has 0 fully saturated rings. The fourth-order valence-corrected chi connectivity index (χ4v) is 2.06. The van der Waals surface area contributed by atoms with Crippen molar-refractivity contribution >= 4 is 23.1 Å². The second-order valence-electron chi connectivity index (χ2n) is 4.61. The molecule has 116 valence electrons. The molecule has 0 amide bonds. The maximum atomic E-state index is 13.2. The number of rotatable bonds is 4. The van der Waals surface area contributed by atoms with Crippen LogP contribution in [0.25, 0.3) is 5.65 Å². The van der Waals surface area contributed by atoms with Gasteiger partial charge < -0.3 is 4.74 Å². The van der Waals surface area contributed by atoms with Crippen LogP contribution in [0.15, 0.2) is 58.9 Å². The van der Waals surface area contributed by atoms with E-state index in [9.17, 15) is 9.18 Å². The molecule has 0 saturated carbocycles. The van der Waals surface area contributed by atoms with E-state index < -0.39 is 11.8 Å². The molecule has 23 heavy (non-hydrogen) atoms. The number of carbonyl (C=O) groups excluding carboxylic acids is 1. The quantitative estimate of drug-likeness (QED) is 0.539. The summed E-state index contributed by atoms with van der Waals surface area (Å²) in [6, 6.07) is 11.0. The van der Waals surface area contributed by atoms with E-state index in [1.165, 1.54) is 18.2 Å². The van der Waals surface area contributed by atoms with Crippen molar-refractivity contribution in [2.75, 3.05) is 6.61 Å². The Hall–Kier alpha value is -3.09. The van der Waals surface area contributed by atoms with Crippen LogP contribution in [0, 0.1) is 5.82 Å². The average molecular weight is 312 g/mol. The molecule has 0 aliphatic rings. The van der Waals surface area contributed by atoms with E-state index in [4.69, 9.17) is 4.74 Å². The lowest BCUT2D eigenvalue weighted by Gasteiger charge is -1.99. The maximum absolute atomic E-state index is 13.2. The highest BCUT2D eigenvalue weighted by Crippen LogP contribution is 2.25. The normalized spacial score (nSPS) is 11.2. The third-order valence-corrected chi connectivity index (χ3v) is 3.04. The highest BCUT2D eigenvalue weighted by Gasteiger charge is 2.20. The number of nitrogens with zero attached hydrogens (tertiary/aromatic N) is 4. The lowest BCUT2D eigenvalue weighted by molar-refractivity contribution is 0.0521. The van der Waals surface area contributed by atoms with Crippen molar-refractivity contribution in [3.8, 4) is 0 Å². The zero-order chi connectivity index (χ0) is 16.2. The van der Waals surface area contributed by atoms with Crippen molar-refractivity contribution in [3.63, 3.8) is 0 Å². The van der Waals surface area contributed by atoms with Gasteiger partial charge in [-0.05, 0) is 31.2 Å². The molecule has 0 radical (unpaired) electrons. The molecule has 0 saturated heterocycles. The number of ether oxygens (including phenoxy) is 1. The van der Waals surface area contributed by atoms with Crippen LogP contribution in [0.2, 0.25) is 0 Å². The van der Waals surface area contributed by atoms with Gasteiger partial charge in [-0.1, -0.05) is 12.1 Å². The molecule has 2 heterocycles. The highest BCUT2D eigenvalue weighted by molar-refractivity contribution is 5.93. The number of azo groups is 1. The van der Waals surface area contributed by atoms with Crippen LogP contribution in [-0.2, 0) is 4.74 Å². The Morgan fingerprint density at radius 3 is 2.91 bits per heavy atom. The molecule has 3 aromatic rings. The fraction of sp³-hybridized carbons (Fsp3) is 0.125. The fourth-order valence-electron chi connectivity index (χ4n) is 2.06. The van der Waals surface area contributed by atoms with E-state index in [2.05, 4.69) is 15.2 Å². The van der Waals surface area contributed by atoms with Gasteiger partial charge in [0.1, 0.15) is 11.5 Å². The lowest BCUT2D eigenvalue weighted by Crippen LogP contribution is -2.05. The van der Waals surface area contributed by atoms with E-state index in [1.807, 2.05) is 0 Å². The second kappa shape index (κ2) is 6.35. The number of imidazole rings is 1. The Kier molecular flexibility index (Phi) is 4.09. The SMILES string of the molecule is CCOC(=O)c1nc2ccccn2c1N=Nc1cccc(F)c1. The van der Waals surface area contributed by atoms with Crippen molar-refractivity contribution in [1.29, 1.82) is 0 Å². The number of fused-ring (bicyclic) bond motifs is 1. The topological polar surface area (TPSA) is 68.3 Å². The van der Waals surface area contributed by atoms with Gasteiger partial charge >= 0.3 is 5.97 Å². The molecule has 0 N–H and O–H groups in total. The van der Waals surface area contributed by atoms with Crippen LogP contribution >= 0.6 is 0 Å². The molecule has 7 heteroatoms. The summed E-state index contributed by atoms with van der Waals surface area (Å²) >= 11 is 0. The largest absolute Gasteiger partial charge is 0.461 e. The summed E-state index contributed by atoms with van der Waals surface area (Å²) in [6.07, 6.45) is 1.71. The van der Waals surface area contributed by atoms with Gasteiger partial charge in [0.25, 0.3) is 0 Å². The number of aromatic nitrogens is 2. The maximum Gasteiger partial charge on any atom is 0.360 e. The summed E-state index contributed by atoms with van der Waals surface area (Å²) in [7, 11) is 0. The molecule has 3 rings (SSSR count). The van der Waals surface area contributed by atoms with Gasteiger partial charge in [0.05, 0.1) is 12.3 Å². The molecular formula is C16H13FN4O2. The summed E-state index contributed by atoms with van der Waals surface area (Å²) in [6.45, 7) is 1.94. The predicted octanol–water partition coefficient (Wildman–Crippen LogP) is 4.07. The second-order valence-corrected chi connectivity index (χ2v) is 4.61. The number of benzene rings is 1. The van der Waals surface area contributed by atoms with E-state index >= 15 is 0 Å². The minimum Gasteiger partial charge on any atom is -0.461 e. The van der Waals surface area contributed by atoms with Crippen molar-refractivity contribution in [3.05, 3.63) is 60.2 Å². The Morgan fingerprint density at radius 2 is 2.13 bits per heavy atom. The summed E-state index contributed by atoms with van der Waals surface area (Å²) in [5, 5.41) is 8.05. The summed E-state index contributed by atoms with van der Waals surface area (Å²) in [5.74, 6) is -0.752. The zero-order valence-electron chi connectivity index (χ0n) is 12.3. The van der Waals surface area contributed by atoms with Crippen molar-refractivity contribution in [1.82, 2.24) is 9.38 Å². The number of halogens is 1. The molecule has 0 spiro atoms. The van der Waals surface area contributed by atoms with Gasteiger partial charge in [0.2, 0.25) is 0 Å². The molecular weight excluding hydrogens is 299 g/mol. The van der Waals surface area contributed by atoms with Crippen LogP contribution in [0.1, 0.15) is 17.4 Å². The Bertz CT molecular complexity index is 889. The van der Waals surface area contributed by atoms with Crippen molar-refractivity contribution in [2.45, 2.75) is 6.92 Å². The van der Waals surface area contributed by atoms with E-state index in [0.29, 0.717) is 11.3 Å². The Balaban J connectivity index is 2.07. The average Bonchev–Trinajstić information content (AvgIpc) is 2.92. The Morgan fingerprint density at radius 1 is 1.26 bits per heavy atom.